The number of hydrogen-bond acceptors (Lipinski definition) is 5. The van der Waals surface area contributed by atoms with Crippen LogP contribution in [0.4, 0.5) is 11.4 Å². The zero-order valence-electron chi connectivity index (χ0n) is 10.2. The number of halogens is 2. The highest BCUT2D eigenvalue weighted by Crippen LogP contribution is 2.40. The van der Waals surface area contributed by atoms with Gasteiger partial charge >= 0.3 is 0 Å². The zero-order chi connectivity index (χ0) is 15.6. The lowest BCUT2D eigenvalue weighted by Gasteiger charge is -2.09. The fraction of sp³-hybridized carbons (Fsp3) is 0. The quantitative estimate of drug-likeness (QED) is 0.603. The number of nitro benzene ring substituents is 2. The molecule has 0 bridgehead atoms. The molecule has 7 nitrogen and oxygen atoms in total. The van der Waals surface area contributed by atoms with Gasteiger partial charge in [0.25, 0.3) is 11.4 Å². The summed E-state index contributed by atoms with van der Waals surface area (Å²) in [5.41, 5.74) is -0.675. The monoisotopic (exact) mass is 328 g/mol. The standard InChI is InChI=1S/C12H6Cl2N2O5/c13-11-7(15(17)18)3-1-5-9(11)21-10-6-2-4-8(12(10)14)16(19)20/h1-6H. The highest BCUT2D eigenvalue weighted by atomic mass is 35.5. The van der Waals surface area contributed by atoms with Crippen molar-refractivity contribution >= 4 is 34.6 Å². The van der Waals surface area contributed by atoms with Crippen molar-refractivity contribution in [2.75, 3.05) is 0 Å². The molecule has 0 fully saturated rings. The Morgan fingerprint density at radius 3 is 1.52 bits per heavy atom. The van der Waals surface area contributed by atoms with Crippen LogP contribution in [-0.4, -0.2) is 9.85 Å². The van der Waals surface area contributed by atoms with Crippen LogP contribution in [0.15, 0.2) is 36.4 Å². The first-order valence-corrected chi connectivity index (χ1v) is 6.21. The van der Waals surface area contributed by atoms with Crippen LogP contribution in [-0.2, 0) is 0 Å². The van der Waals surface area contributed by atoms with E-state index in [1.54, 1.807) is 0 Å². The third-order valence-corrected chi connectivity index (χ3v) is 3.26. The second kappa shape index (κ2) is 5.94. The Morgan fingerprint density at radius 2 is 1.19 bits per heavy atom. The Balaban J connectivity index is 2.44. The molecule has 0 aromatic heterocycles. The summed E-state index contributed by atoms with van der Waals surface area (Å²) in [6, 6.07) is 7.97. The van der Waals surface area contributed by atoms with Crippen LogP contribution in [0, 0.1) is 20.2 Å². The van der Waals surface area contributed by atoms with Gasteiger partial charge in [0, 0.05) is 12.1 Å². The number of rotatable bonds is 4. The zero-order valence-corrected chi connectivity index (χ0v) is 11.7. The Kier molecular flexibility index (Phi) is 4.25. The van der Waals surface area contributed by atoms with Gasteiger partial charge in [0.05, 0.1) is 9.85 Å². The maximum Gasteiger partial charge on any atom is 0.291 e. The summed E-state index contributed by atoms with van der Waals surface area (Å²) in [6.07, 6.45) is 0. The van der Waals surface area contributed by atoms with Crippen molar-refractivity contribution in [1.29, 1.82) is 0 Å². The molecular weight excluding hydrogens is 323 g/mol. The molecule has 2 aromatic carbocycles. The molecule has 108 valence electrons. The molecule has 0 spiro atoms. The molecule has 0 aliphatic rings. The van der Waals surface area contributed by atoms with Gasteiger partial charge in [-0.3, -0.25) is 20.2 Å². The lowest BCUT2D eigenvalue weighted by Crippen LogP contribution is -1.94. The highest BCUT2D eigenvalue weighted by molar-refractivity contribution is 6.35. The van der Waals surface area contributed by atoms with Crippen LogP contribution in [0.25, 0.3) is 0 Å². The minimum Gasteiger partial charge on any atom is -0.454 e. The molecular formula is C12H6Cl2N2O5. The summed E-state index contributed by atoms with van der Waals surface area (Å²) in [7, 11) is 0. The molecule has 0 unspecified atom stereocenters. The molecule has 2 rings (SSSR count). The third kappa shape index (κ3) is 3.04. The van der Waals surface area contributed by atoms with Gasteiger partial charge in [-0.2, -0.15) is 0 Å². The SMILES string of the molecule is O=[N+]([O-])c1cccc(Oc2cccc([N+](=O)[O-])c2Cl)c1Cl. The number of benzene rings is 2. The van der Waals surface area contributed by atoms with E-state index in [2.05, 4.69) is 0 Å². The average Bonchev–Trinajstić information content (AvgIpc) is 2.42. The molecule has 2 aromatic rings. The van der Waals surface area contributed by atoms with Crippen LogP contribution >= 0.6 is 23.2 Å². The Morgan fingerprint density at radius 1 is 0.810 bits per heavy atom. The smallest absolute Gasteiger partial charge is 0.291 e. The van der Waals surface area contributed by atoms with Crippen LogP contribution in [0.1, 0.15) is 0 Å². The highest BCUT2D eigenvalue weighted by Gasteiger charge is 2.20. The van der Waals surface area contributed by atoms with Crippen LogP contribution in [0.3, 0.4) is 0 Å². The predicted octanol–water partition coefficient (Wildman–Crippen LogP) is 4.60. The van der Waals surface area contributed by atoms with Gasteiger partial charge in [0.1, 0.15) is 0 Å². The molecule has 0 aliphatic heterocycles. The van der Waals surface area contributed by atoms with E-state index in [0.717, 1.165) is 0 Å². The van der Waals surface area contributed by atoms with Gasteiger partial charge in [-0.05, 0) is 12.1 Å². The van der Waals surface area contributed by atoms with E-state index in [9.17, 15) is 20.2 Å². The normalized spacial score (nSPS) is 10.2. The van der Waals surface area contributed by atoms with E-state index in [-0.39, 0.29) is 32.9 Å². The van der Waals surface area contributed by atoms with Gasteiger partial charge in [-0.25, -0.2) is 0 Å². The minimum absolute atomic E-state index is 0.0201. The maximum atomic E-state index is 10.8. The van der Waals surface area contributed by atoms with Crippen molar-refractivity contribution in [3.05, 3.63) is 66.7 Å². The van der Waals surface area contributed by atoms with E-state index in [1.807, 2.05) is 0 Å². The van der Waals surface area contributed by atoms with Gasteiger partial charge < -0.3 is 4.74 Å². The molecule has 0 amide bonds. The Labute approximate surface area is 128 Å². The second-order valence-electron chi connectivity index (χ2n) is 3.79. The number of nitrogens with zero attached hydrogens (tertiary/aromatic N) is 2. The van der Waals surface area contributed by atoms with Crippen molar-refractivity contribution in [3.63, 3.8) is 0 Å². The summed E-state index contributed by atoms with van der Waals surface area (Å²) in [5, 5.41) is 21.1. The summed E-state index contributed by atoms with van der Waals surface area (Å²) >= 11 is 11.7. The van der Waals surface area contributed by atoms with Crippen LogP contribution in [0.5, 0.6) is 11.5 Å². The number of hydrogen-bond donors (Lipinski definition) is 0. The summed E-state index contributed by atoms with van der Waals surface area (Å²) in [6.45, 7) is 0. The van der Waals surface area contributed by atoms with Crippen LogP contribution < -0.4 is 4.74 Å². The van der Waals surface area contributed by atoms with Gasteiger partial charge in [0.2, 0.25) is 0 Å². The van der Waals surface area contributed by atoms with E-state index < -0.39 is 9.85 Å². The van der Waals surface area contributed by atoms with E-state index >= 15 is 0 Å². The first-order valence-electron chi connectivity index (χ1n) is 5.45. The van der Waals surface area contributed by atoms with Gasteiger partial charge in [0.15, 0.2) is 21.5 Å². The molecule has 21 heavy (non-hydrogen) atoms. The number of nitro groups is 2. The molecule has 0 saturated heterocycles. The average molecular weight is 329 g/mol. The minimum atomic E-state index is -0.662. The molecule has 9 heteroatoms. The van der Waals surface area contributed by atoms with Crippen molar-refractivity contribution in [1.82, 2.24) is 0 Å². The molecule has 0 atom stereocenters. The van der Waals surface area contributed by atoms with E-state index in [4.69, 9.17) is 27.9 Å². The van der Waals surface area contributed by atoms with Crippen molar-refractivity contribution in [3.8, 4) is 11.5 Å². The van der Waals surface area contributed by atoms with Gasteiger partial charge in [-0.15, -0.1) is 0 Å². The number of ether oxygens (including phenoxy) is 1. The first-order chi connectivity index (χ1) is 9.91. The van der Waals surface area contributed by atoms with Crippen molar-refractivity contribution in [2.24, 2.45) is 0 Å². The molecule has 0 aliphatic carbocycles. The maximum absolute atomic E-state index is 10.8. The third-order valence-electron chi connectivity index (χ3n) is 2.50. The fourth-order valence-electron chi connectivity index (χ4n) is 1.56. The Hall–Kier alpha value is -2.38. The largest absolute Gasteiger partial charge is 0.454 e. The van der Waals surface area contributed by atoms with E-state index in [0.29, 0.717) is 0 Å². The lowest BCUT2D eigenvalue weighted by molar-refractivity contribution is -0.384. The van der Waals surface area contributed by atoms with E-state index in [1.165, 1.54) is 36.4 Å². The summed E-state index contributed by atoms with van der Waals surface area (Å²) in [5.74, 6) is -0.0403. The van der Waals surface area contributed by atoms with Crippen molar-refractivity contribution < 1.29 is 14.6 Å². The van der Waals surface area contributed by atoms with Gasteiger partial charge in [-0.1, -0.05) is 35.3 Å². The molecule has 0 saturated carbocycles. The molecule has 0 heterocycles. The fourth-order valence-corrected chi connectivity index (χ4v) is 2.02. The molecule has 0 N–H and O–H groups in total. The summed E-state index contributed by atoms with van der Waals surface area (Å²) in [4.78, 5) is 20.2. The Bertz CT molecular complexity index is 674. The molecule has 0 radical (unpaired) electrons. The van der Waals surface area contributed by atoms with Crippen LogP contribution in [0.2, 0.25) is 10.0 Å². The predicted molar refractivity (Wildman–Crippen MR) is 76.3 cm³/mol. The topological polar surface area (TPSA) is 95.5 Å². The first kappa shape index (κ1) is 15.0. The lowest BCUT2D eigenvalue weighted by atomic mass is 10.3. The second-order valence-corrected chi connectivity index (χ2v) is 4.55. The summed E-state index contributed by atoms with van der Waals surface area (Å²) < 4.78 is 5.35. The van der Waals surface area contributed by atoms with Crippen molar-refractivity contribution in [2.45, 2.75) is 0 Å².